The second kappa shape index (κ2) is 7.79. The molecule has 2 amide bonds. The minimum Gasteiger partial charge on any atom is -0.329 e. The predicted molar refractivity (Wildman–Crippen MR) is 105 cm³/mol. The average Bonchev–Trinajstić information content (AvgIpc) is 3.04. The number of hydrogen-bond donors (Lipinski definition) is 1. The largest absolute Gasteiger partial charge is 0.360 e. The zero-order chi connectivity index (χ0) is 20.4. The summed E-state index contributed by atoms with van der Waals surface area (Å²) in [7, 11) is 4.66. The number of carbonyl (C=O) groups is 2. The van der Waals surface area contributed by atoms with Gasteiger partial charge in [-0.05, 0) is 0 Å². The van der Waals surface area contributed by atoms with Gasteiger partial charge in [0.05, 0.1) is 0 Å². The number of hydrogen-bond acceptors (Lipinski definition) is 6. The SMILES string of the molecule is CN(C)C(=O)n1nc(C(C)(C)C)nc1SCC(=O)[N+](C)(O)c1ccccc1. The standard InChI is InChI=1S/C18H26N5O3S/c1-18(2,3)15-19-16(22(20-15)17(25)21(4)5)27-12-14(24)23(6,26)13-10-8-7-9-11-13/h7-11,26H,12H2,1-6H3/q+1. The number of amides is 2. The van der Waals surface area contributed by atoms with Gasteiger partial charge in [-0.2, -0.15) is 4.68 Å². The summed E-state index contributed by atoms with van der Waals surface area (Å²) in [5, 5.41) is 15.2. The number of thioether (sulfide) groups is 1. The summed E-state index contributed by atoms with van der Waals surface area (Å²) in [6, 6.07) is 8.33. The van der Waals surface area contributed by atoms with Gasteiger partial charge in [-0.25, -0.2) is 19.8 Å². The van der Waals surface area contributed by atoms with Crippen LogP contribution in [-0.2, 0) is 10.2 Å². The highest BCUT2D eigenvalue weighted by Crippen LogP contribution is 2.25. The molecule has 146 valence electrons. The number of carbonyl (C=O) groups excluding carboxylic acids is 2. The molecule has 0 saturated heterocycles. The molecule has 0 spiro atoms. The van der Waals surface area contributed by atoms with Gasteiger partial charge in [0.2, 0.25) is 0 Å². The van der Waals surface area contributed by atoms with E-state index < -0.39 is 10.6 Å². The molecule has 0 saturated carbocycles. The topological polar surface area (TPSA) is 88.3 Å². The maximum atomic E-state index is 12.6. The van der Waals surface area contributed by atoms with Crippen molar-refractivity contribution in [3.8, 4) is 0 Å². The molecule has 1 heterocycles. The molecule has 0 aliphatic carbocycles. The van der Waals surface area contributed by atoms with Crippen LogP contribution in [0.3, 0.4) is 0 Å². The van der Waals surface area contributed by atoms with Crippen LogP contribution in [0.25, 0.3) is 0 Å². The van der Waals surface area contributed by atoms with E-state index in [1.165, 1.54) is 16.6 Å². The molecular formula is C18H26N5O3S+. The van der Waals surface area contributed by atoms with Gasteiger partial charge < -0.3 is 4.90 Å². The van der Waals surface area contributed by atoms with Crippen molar-refractivity contribution in [1.82, 2.24) is 24.3 Å². The van der Waals surface area contributed by atoms with Crippen molar-refractivity contribution in [1.29, 1.82) is 0 Å². The van der Waals surface area contributed by atoms with Crippen LogP contribution < -0.4 is 4.65 Å². The second-order valence-corrected chi connectivity index (χ2v) is 8.48. The Bertz CT molecular complexity index is 825. The fourth-order valence-corrected chi connectivity index (χ4v) is 3.03. The Morgan fingerprint density at radius 2 is 1.81 bits per heavy atom. The number of hydroxylamine groups is 2. The summed E-state index contributed by atoms with van der Waals surface area (Å²) in [5.41, 5.74) is 0.118. The first kappa shape index (κ1) is 21.1. The van der Waals surface area contributed by atoms with Crippen LogP contribution in [0, 0.1) is 0 Å². The summed E-state index contributed by atoms with van der Waals surface area (Å²) in [4.78, 5) is 30.8. The normalized spacial score (nSPS) is 13.9. The quantitative estimate of drug-likeness (QED) is 0.373. The fraction of sp³-hybridized carbons (Fsp3) is 0.444. The molecule has 8 nitrogen and oxygen atoms in total. The number of para-hydroxylation sites is 1. The van der Waals surface area contributed by atoms with Crippen molar-refractivity contribution >= 4 is 29.4 Å². The van der Waals surface area contributed by atoms with Gasteiger partial charge >= 0.3 is 11.9 Å². The molecule has 1 unspecified atom stereocenters. The monoisotopic (exact) mass is 392 g/mol. The molecule has 0 radical (unpaired) electrons. The molecular weight excluding hydrogens is 366 g/mol. The van der Waals surface area contributed by atoms with E-state index in [0.29, 0.717) is 16.7 Å². The summed E-state index contributed by atoms with van der Waals surface area (Å²) >= 11 is 1.08. The van der Waals surface area contributed by atoms with E-state index in [4.69, 9.17) is 0 Å². The number of rotatable bonds is 4. The van der Waals surface area contributed by atoms with Crippen molar-refractivity contribution in [2.75, 3.05) is 26.9 Å². The van der Waals surface area contributed by atoms with Crippen molar-refractivity contribution in [3.63, 3.8) is 0 Å². The highest BCUT2D eigenvalue weighted by molar-refractivity contribution is 7.99. The third kappa shape index (κ3) is 4.74. The molecule has 2 rings (SSSR count). The lowest BCUT2D eigenvalue weighted by Crippen LogP contribution is -2.48. The number of aromatic nitrogens is 3. The van der Waals surface area contributed by atoms with Crippen LogP contribution in [0.2, 0.25) is 0 Å². The summed E-state index contributed by atoms with van der Waals surface area (Å²) < 4.78 is 0.318. The van der Waals surface area contributed by atoms with E-state index in [-0.39, 0.29) is 17.2 Å². The first-order valence-corrected chi connectivity index (χ1v) is 9.43. The lowest BCUT2D eigenvalue weighted by molar-refractivity contribution is -0.153. The predicted octanol–water partition coefficient (Wildman–Crippen LogP) is 2.75. The van der Waals surface area contributed by atoms with Crippen LogP contribution in [-0.4, -0.2) is 63.7 Å². The molecule has 1 aromatic heterocycles. The number of benzene rings is 1. The van der Waals surface area contributed by atoms with E-state index in [1.807, 2.05) is 26.8 Å². The summed E-state index contributed by atoms with van der Waals surface area (Å²) in [5.74, 6) is 0.0116. The Hall–Kier alpha value is -2.23. The van der Waals surface area contributed by atoms with Gasteiger partial charge in [-0.3, -0.25) is 0 Å². The molecule has 1 aromatic carbocycles. The Balaban J connectivity index is 2.25. The van der Waals surface area contributed by atoms with Gasteiger partial charge in [-0.1, -0.05) is 55.4 Å². The zero-order valence-electron chi connectivity index (χ0n) is 16.5. The Morgan fingerprint density at radius 1 is 1.22 bits per heavy atom. The molecule has 1 N–H and O–H groups in total. The zero-order valence-corrected chi connectivity index (χ0v) is 17.3. The third-order valence-corrected chi connectivity index (χ3v) is 4.80. The second-order valence-electron chi connectivity index (χ2n) is 7.53. The van der Waals surface area contributed by atoms with Gasteiger partial charge in [-0.15, -0.1) is 5.10 Å². The van der Waals surface area contributed by atoms with Gasteiger partial charge in [0.15, 0.2) is 16.7 Å². The van der Waals surface area contributed by atoms with Gasteiger partial charge in [0, 0.05) is 31.6 Å². The molecule has 0 aliphatic heterocycles. The van der Waals surface area contributed by atoms with Crippen LogP contribution in [0.15, 0.2) is 35.5 Å². The highest BCUT2D eigenvalue weighted by atomic mass is 32.2. The minimum absolute atomic E-state index is 0.0646. The van der Waals surface area contributed by atoms with E-state index >= 15 is 0 Å². The van der Waals surface area contributed by atoms with Crippen LogP contribution >= 0.6 is 11.8 Å². The molecule has 9 heteroatoms. The van der Waals surface area contributed by atoms with Gasteiger partial charge in [0.1, 0.15) is 12.8 Å². The van der Waals surface area contributed by atoms with Crippen molar-refractivity contribution in [2.45, 2.75) is 31.3 Å². The lowest BCUT2D eigenvalue weighted by atomic mass is 9.96. The van der Waals surface area contributed by atoms with Crippen molar-refractivity contribution in [3.05, 3.63) is 36.2 Å². The fourth-order valence-electron chi connectivity index (χ4n) is 2.14. The van der Waals surface area contributed by atoms with Gasteiger partial charge in [0.25, 0.3) is 0 Å². The molecule has 0 fully saturated rings. The van der Waals surface area contributed by atoms with E-state index in [2.05, 4.69) is 10.1 Å². The van der Waals surface area contributed by atoms with Crippen molar-refractivity contribution in [2.24, 2.45) is 0 Å². The van der Waals surface area contributed by atoms with Crippen molar-refractivity contribution < 1.29 is 14.8 Å². The maximum absolute atomic E-state index is 12.6. The average molecular weight is 393 g/mol. The molecule has 0 aliphatic rings. The highest BCUT2D eigenvalue weighted by Gasteiger charge is 2.34. The van der Waals surface area contributed by atoms with Crippen LogP contribution in [0.1, 0.15) is 26.6 Å². The summed E-state index contributed by atoms with van der Waals surface area (Å²) in [6.45, 7) is 5.84. The Kier molecular flexibility index (Phi) is 6.08. The van der Waals surface area contributed by atoms with Crippen LogP contribution in [0.4, 0.5) is 10.5 Å². The first-order valence-electron chi connectivity index (χ1n) is 8.45. The lowest BCUT2D eigenvalue weighted by Gasteiger charge is -2.21. The maximum Gasteiger partial charge on any atom is 0.360 e. The summed E-state index contributed by atoms with van der Waals surface area (Å²) in [6.07, 6.45) is 0. The number of nitrogens with zero attached hydrogens (tertiary/aromatic N) is 5. The first-order chi connectivity index (χ1) is 12.4. The Labute approximate surface area is 163 Å². The molecule has 0 bridgehead atoms. The number of quaternary nitrogens is 1. The van der Waals surface area contributed by atoms with E-state index in [1.54, 1.807) is 38.4 Å². The van der Waals surface area contributed by atoms with E-state index in [9.17, 15) is 14.8 Å². The van der Waals surface area contributed by atoms with E-state index in [0.717, 1.165) is 11.8 Å². The molecule has 2 aromatic rings. The van der Waals surface area contributed by atoms with Crippen LogP contribution in [0.5, 0.6) is 0 Å². The minimum atomic E-state index is -0.879. The Morgan fingerprint density at radius 3 is 2.33 bits per heavy atom. The molecule has 1 atom stereocenters. The smallest absolute Gasteiger partial charge is 0.329 e. The molecule has 27 heavy (non-hydrogen) atoms. The third-order valence-electron chi connectivity index (χ3n) is 3.88.